The van der Waals surface area contributed by atoms with Gasteiger partial charge in [-0.3, -0.25) is 0 Å². The molecular weight excluding hydrogens is 446 g/mol. The molecule has 2 aromatic heterocycles. The summed E-state index contributed by atoms with van der Waals surface area (Å²) in [4.78, 5) is 30.7. The Kier molecular flexibility index (Phi) is 6.44. The lowest BCUT2D eigenvalue weighted by Crippen LogP contribution is -2.03. The van der Waals surface area contributed by atoms with Gasteiger partial charge in [-0.1, -0.05) is 12.2 Å². The van der Waals surface area contributed by atoms with Gasteiger partial charge in [0.1, 0.15) is 29.7 Å². The number of carboxylic acids is 2. The fourth-order valence-electron chi connectivity index (χ4n) is 3.54. The molecule has 0 unspecified atom stereocenters. The van der Waals surface area contributed by atoms with E-state index in [2.05, 4.69) is 9.97 Å². The van der Waals surface area contributed by atoms with Gasteiger partial charge in [-0.25, -0.2) is 28.3 Å². The maximum atomic E-state index is 13.7. The maximum Gasteiger partial charge on any atom is 0.354 e. The summed E-state index contributed by atoms with van der Waals surface area (Å²) in [5.41, 5.74) is 1.01. The number of allylic oxidation sites excluding steroid dienone is 1. The van der Waals surface area contributed by atoms with Crippen LogP contribution in [0.4, 0.5) is 8.78 Å². The van der Waals surface area contributed by atoms with Gasteiger partial charge in [-0.15, -0.1) is 0 Å². The number of carboxylic acid groups (broad SMARTS) is 2. The first kappa shape index (κ1) is 22.8. The number of hydrogen-bond donors (Lipinski definition) is 2. The van der Waals surface area contributed by atoms with Gasteiger partial charge in [-0.05, 0) is 60.9 Å². The third-order valence-corrected chi connectivity index (χ3v) is 5.11. The van der Waals surface area contributed by atoms with Crippen LogP contribution in [0.15, 0.2) is 60.7 Å². The Bertz CT molecular complexity index is 1340. The van der Waals surface area contributed by atoms with Crippen molar-refractivity contribution >= 4 is 33.7 Å². The summed E-state index contributed by atoms with van der Waals surface area (Å²) in [5.74, 6) is -3.15. The molecule has 4 rings (SSSR count). The molecule has 34 heavy (non-hydrogen) atoms. The molecule has 0 aliphatic heterocycles. The highest BCUT2D eigenvalue weighted by molar-refractivity contribution is 5.93. The Labute approximate surface area is 192 Å². The molecule has 2 N–H and O–H groups in total. The van der Waals surface area contributed by atoms with Crippen molar-refractivity contribution in [2.24, 2.45) is 0 Å². The third-order valence-electron chi connectivity index (χ3n) is 5.11. The van der Waals surface area contributed by atoms with Crippen LogP contribution in [-0.4, -0.2) is 38.7 Å². The second-order valence-electron chi connectivity index (χ2n) is 7.43. The van der Waals surface area contributed by atoms with Crippen molar-refractivity contribution in [2.75, 3.05) is 6.61 Å². The zero-order valence-corrected chi connectivity index (χ0v) is 17.7. The molecule has 0 aliphatic rings. The van der Waals surface area contributed by atoms with E-state index in [0.717, 1.165) is 0 Å². The average Bonchev–Trinajstić information content (AvgIpc) is 2.80. The standard InChI is InChI=1S/C25H18F2N2O5/c26-15-5-7-19-17(11-15)14(10-21(28-19)24(30)31)4-2-1-3-9-34-23-13-22(25(32)33)29-20-8-6-16(27)12-18(20)23/h1,3,5-8,10-13H,2,4,9H2,(H,30,31)(H,32,33)/b3-1+. The van der Waals surface area contributed by atoms with E-state index in [9.17, 15) is 28.6 Å². The fraction of sp³-hybridized carbons (Fsp3) is 0.120. The van der Waals surface area contributed by atoms with Gasteiger partial charge < -0.3 is 14.9 Å². The van der Waals surface area contributed by atoms with E-state index in [1.807, 2.05) is 0 Å². The number of rotatable bonds is 8. The normalized spacial score (nSPS) is 11.4. The molecule has 2 aromatic carbocycles. The molecule has 0 amide bonds. The highest BCUT2D eigenvalue weighted by Crippen LogP contribution is 2.27. The van der Waals surface area contributed by atoms with Crippen molar-refractivity contribution in [1.29, 1.82) is 0 Å². The Balaban J connectivity index is 1.47. The van der Waals surface area contributed by atoms with Crippen molar-refractivity contribution in [3.8, 4) is 5.75 Å². The molecule has 7 nitrogen and oxygen atoms in total. The van der Waals surface area contributed by atoms with Crippen LogP contribution < -0.4 is 4.74 Å². The molecular formula is C25H18F2N2O5. The van der Waals surface area contributed by atoms with Gasteiger partial charge >= 0.3 is 11.9 Å². The van der Waals surface area contributed by atoms with E-state index in [1.54, 1.807) is 12.2 Å². The Hall–Kier alpha value is -4.40. The largest absolute Gasteiger partial charge is 0.489 e. The molecule has 0 saturated carbocycles. The third kappa shape index (κ3) is 4.98. The quantitative estimate of drug-likeness (QED) is 0.352. The van der Waals surface area contributed by atoms with E-state index < -0.39 is 23.6 Å². The number of hydrogen-bond acceptors (Lipinski definition) is 5. The second kappa shape index (κ2) is 9.62. The number of pyridine rings is 2. The van der Waals surface area contributed by atoms with Crippen LogP contribution in [0, 0.1) is 11.6 Å². The topological polar surface area (TPSA) is 110 Å². The Morgan fingerprint density at radius 1 is 0.824 bits per heavy atom. The molecule has 0 atom stereocenters. The molecule has 2 heterocycles. The summed E-state index contributed by atoms with van der Waals surface area (Å²) in [6.07, 6.45) is 4.44. The summed E-state index contributed by atoms with van der Waals surface area (Å²) in [6.45, 7) is 0.0841. The van der Waals surface area contributed by atoms with Crippen molar-refractivity contribution in [3.63, 3.8) is 0 Å². The summed E-state index contributed by atoms with van der Waals surface area (Å²) in [6, 6.07) is 10.5. The van der Waals surface area contributed by atoms with E-state index >= 15 is 0 Å². The highest BCUT2D eigenvalue weighted by atomic mass is 19.1. The monoisotopic (exact) mass is 464 g/mol. The first-order valence-corrected chi connectivity index (χ1v) is 10.3. The molecule has 0 saturated heterocycles. The molecule has 172 valence electrons. The number of benzene rings is 2. The predicted octanol–water partition coefficient (Wildman–Crippen LogP) is 5.03. The van der Waals surface area contributed by atoms with Crippen LogP contribution in [0.3, 0.4) is 0 Å². The number of aromatic carboxylic acids is 2. The summed E-state index contributed by atoms with van der Waals surface area (Å²) in [7, 11) is 0. The summed E-state index contributed by atoms with van der Waals surface area (Å²) in [5, 5.41) is 19.4. The lowest BCUT2D eigenvalue weighted by molar-refractivity contribution is 0.0680. The van der Waals surface area contributed by atoms with Crippen molar-refractivity contribution < 1.29 is 33.3 Å². The smallest absolute Gasteiger partial charge is 0.354 e. The van der Waals surface area contributed by atoms with Crippen molar-refractivity contribution in [2.45, 2.75) is 12.8 Å². The molecule has 9 heteroatoms. The van der Waals surface area contributed by atoms with E-state index in [0.29, 0.717) is 40.2 Å². The summed E-state index contributed by atoms with van der Waals surface area (Å²) < 4.78 is 33.0. The van der Waals surface area contributed by atoms with Gasteiger partial charge in [0.15, 0.2) is 5.69 Å². The molecule has 0 fully saturated rings. The van der Waals surface area contributed by atoms with Crippen molar-refractivity contribution in [3.05, 3.63) is 89.3 Å². The Morgan fingerprint density at radius 2 is 1.41 bits per heavy atom. The molecule has 0 spiro atoms. The number of halogens is 2. The van der Waals surface area contributed by atoms with E-state index in [-0.39, 0.29) is 23.7 Å². The lowest BCUT2D eigenvalue weighted by atomic mass is 10.0. The molecule has 0 aliphatic carbocycles. The van der Waals surface area contributed by atoms with Crippen LogP contribution in [-0.2, 0) is 6.42 Å². The van der Waals surface area contributed by atoms with Gasteiger partial charge in [0, 0.05) is 16.8 Å². The number of ether oxygens (including phenoxy) is 1. The van der Waals surface area contributed by atoms with Crippen molar-refractivity contribution in [1.82, 2.24) is 9.97 Å². The van der Waals surface area contributed by atoms with Gasteiger partial charge in [0.25, 0.3) is 0 Å². The minimum Gasteiger partial charge on any atom is -0.489 e. The zero-order chi connectivity index (χ0) is 24.2. The van der Waals surface area contributed by atoms with Crippen LogP contribution in [0.5, 0.6) is 5.75 Å². The number of nitrogens with zero attached hydrogens (tertiary/aromatic N) is 2. The number of aromatic nitrogens is 2. The average molecular weight is 464 g/mol. The van der Waals surface area contributed by atoms with Crippen LogP contribution in [0.2, 0.25) is 0 Å². The maximum absolute atomic E-state index is 13.7. The van der Waals surface area contributed by atoms with Gasteiger partial charge in [0.05, 0.1) is 11.0 Å². The van der Waals surface area contributed by atoms with Gasteiger partial charge in [-0.2, -0.15) is 0 Å². The fourth-order valence-corrected chi connectivity index (χ4v) is 3.54. The zero-order valence-electron chi connectivity index (χ0n) is 17.7. The SMILES string of the molecule is O=C(O)c1cc(CC/C=C/COc2cc(C(=O)O)nc3ccc(F)cc23)c2cc(F)ccc2n1. The second-order valence-corrected chi connectivity index (χ2v) is 7.43. The Morgan fingerprint density at radius 3 is 2.06 bits per heavy atom. The minimum atomic E-state index is -1.23. The minimum absolute atomic E-state index is 0.0841. The lowest BCUT2D eigenvalue weighted by Gasteiger charge is -2.09. The number of aryl methyl sites for hydroxylation is 1. The number of fused-ring (bicyclic) bond motifs is 2. The molecule has 0 bridgehead atoms. The van der Waals surface area contributed by atoms with Gasteiger partial charge in [0.2, 0.25) is 0 Å². The highest BCUT2D eigenvalue weighted by Gasteiger charge is 2.13. The molecule has 0 radical (unpaired) electrons. The first-order valence-electron chi connectivity index (χ1n) is 10.3. The van der Waals surface area contributed by atoms with E-state index in [4.69, 9.17) is 4.74 Å². The van der Waals surface area contributed by atoms with Crippen LogP contribution in [0.1, 0.15) is 33.0 Å². The molecule has 4 aromatic rings. The van der Waals surface area contributed by atoms with E-state index in [1.165, 1.54) is 48.5 Å². The number of carbonyl (C=O) groups is 2. The summed E-state index contributed by atoms with van der Waals surface area (Å²) >= 11 is 0. The first-order chi connectivity index (χ1) is 16.3. The van der Waals surface area contributed by atoms with Crippen LogP contribution >= 0.6 is 0 Å². The predicted molar refractivity (Wildman–Crippen MR) is 120 cm³/mol. The van der Waals surface area contributed by atoms with Crippen LogP contribution in [0.25, 0.3) is 21.8 Å².